The van der Waals surface area contributed by atoms with E-state index in [4.69, 9.17) is 4.74 Å². The largest absolute Gasteiger partial charge is 0.472 e. The van der Waals surface area contributed by atoms with E-state index in [0.29, 0.717) is 22.1 Å². The van der Waals surface area contributed by atoms with Crippen LogP contribution in [0, 0.1) is 11.6 Å². The number of fused-ring (bicyclic) bond motifs is 3. The second-order valence-electron chi connectivity index (χ2n) is 6.87. The van der Waals surface area contributed by atoms with Crippen molar-refractivity contribution in [1.82, 2.24) is 0 Å². The summed E-state index contributed by atoms with van der Waals surface area (Å²) in [5, 5.41) is 1.22. The van der Waals surface area contributed by atoms with Crippen molar-refractivity contribution in [1.29, 1.82) is 0 Å². The van der Waals surface area contributed by atoms with E-state index >= 15 is 0 Å². The molecule has 0 spiro atoms. The molecular weight excluding hydrogens is 354 g/mol. The van der Waals surface area contributed by atoms with Crippen molar-refractivity contribution >= 4 is 16.8 Å². The Balaban J connectivity index is 1.78. The zero-order chi connectivity index (χ0) is 19.1. The second-order valence-corrected chi connectivity index (χ2v) is 6.87. The molecule has 1 aliphatic rings. The van der Waals surface area contributed by atoms with Gasteiger partial charge in [-0.25, -0.2) is 8.78 Å². The summed E-state index contributed by atoms with van der Waals surface area (Å²) < 4.78 is 34.7. The Morgan fingerprint density at radius 3 is 2.07 bits per heavy atom. The summed E-state index contributed by atoms with van der Waals surface area (Å²) in [6.45, 7) is 0. The molecular formula is C25H16F2O. The maximum atomic E-state index is 14.5. The van der Waals surface area contributed by atoms with Gasteiger partial charge in [-0.3, -0.25) is 0 Å². The quantitative estimate of drug-likeness (QED) is 0.393. The van der Waals surface area contributed by atoms with Crippen LogP contribution in [0.2, 0.25) is 0 Å². The third-order valence-corrected chi connectivity index (χ3v) is 5.21. The standard InChI is InChI=1S/C25H16F2O/c26-20-12-10-19(11-13-20)25(18-6-2-1-3-7-18)15-14-17-16-23(27)21-8-4-5-9-22(21)24(17)28-25/h1-16H. The number of hydrogen-bond acceptors (Lipinski definition) is 1. The van der Waals surface area contributed by atoms with E-state index in [9.17, 15) is 8.78 Å². The van der Waals surface area contributed by atoms with E-state index in [1.807, 2.05) is 54.6 Å². The highest BCUT2D eigenvalue weighted by molar-refractivity contribution is 5.93. The summed E-state index contributed by atoms with van der Waals surface area (Å²) in [7, 11) is 0. The maximum absolute atomic E-state index is 14.5. The van der Waals surface area contributed by atoms with Crippen molar-refractivity contribution in [2.75, 3.05) is 0 Å². The maximum Gasteiger partial charge on any atom is 0.178 e. The normalized spacial score (nSPS) is 17.9. The molecule has 0 amide bonds. The van der Waals surface area contributed by atoms with Gasteiger partial charge in [0.2, 0.25) is 0 Å². The highest BCUT2D eigenvalue weighted by Crippen LogP contribution is 2.45. The van der Waals surface area contributed by atoms with E-state index in [1.165, 1.54) is 18.2 Å². The summed E-state index contributed by atoms with van der Waals surface area (Å²) in [4.78, 5) is 0. The molecule has 28 heavy (non-hydrogen) atoms. The van der Waals surface area contributed by atoms with E-state index in [1.54, 1.807) is 24.3 Å². The van der Waals surface area contributed by atoms with E-state index in [-0.39, 0.29) is 11.6 Å². The fraction of sp³-hybridized carbons (Fsp3) is 0.0400. The minimum atomic E-state index is -0.928. The molecule has 4 aromatic rings. The van der Waals surface area contributed by atoms with Gasteiger partial charge in [0.05, 0.1) is 0 Å². The first-order valence-electron chi connectivity index (χ1n) is 9.08. The molecule has 0 bridgehead atoms. The summed E-state index contributed by atoms with van der Waals surface area (Å²) in [6, 6.07) is 24.8. The number of hydrogen-bond donors (Lipinski definition) is 0. The fourth-order valence-electron chi connectivity index (χ4n) is 3.82. The molecule has 0 radical (unpaired) electrons. The number of ether oxygens (including phenoxy) is 1. The predicted molar refractivity (Wildman–Crippen MR) is 107 cm³/mol. The van der Waals surface area contributed by atoms with Gasteiger partial charge in [-0.05, 0) is 24.3 Å². The van der Waals surface area contributed by atoms with Gasteiger partial charge in [0.25, 0.3) is 0 Å². The van der Waals surface area contributed by atoms with Gasteiger partial charge < -0.3 is 4.74 Å². The molecule has 1 aliphatic heterocycles. The Bertz CT molecular complexity index is 1200. The van der Waals surface area contributed by atoms with Crippen molar-refractivity contribution in [3.05, 3.63) is 119 Å². The smallest absolute Gasteiger partial charge is 0.178 e. The van der Waals surface area contributed by atoms with Crippen LogP contribution >= 0.6 is 0 Å². The number of rotatable bonds is 2. The lowest BCUT2D eigenvalue weighted by Gasteiger charge is -2.36. The summed E-state index contributed by atoms with van der Waals surface area (Å²) in [5.74, 6) is 0.0314. The molecule has 3 heteroatoms. The number of halogens is 2. The Morgan fingerprint density at radius 1 is 0.679 bits per heavy atom. The Kier molecular flexibility index (Phi) is 3.76. The topological polar surface area (TPSA) is 9.23 Å². The van der Waals surface area contributed by atoms with Crippen LogP contribution in [0.15, 0.2) is 91.0 Å². The van der Waals surface area contributed by atoms with Crippen molar-refractivity contribution in [3.63, 3.8) is 0 Å². The molecule has 0 fully saturated rings. The number of benzene rings is 4. The van der Waals surface area contributed by atoms with Crippen molar-refractivity contribution in [3.8, 4) is 5.75 Å². The van der Waals surface area contributed by atoms with Gasteiger partial charge in [0, 0.05) is 27.5 Å². The summed E-state index contributed by atoms with van der Waals surface area (Å²) in [5.41, 5.74) is 1.47. The molecule has 0 N–H and O–H groups in total. The predicted octanol–water partition coefficient (Wildman–Crippen LogP) is 6.47. The highest BCUT2D eigenvalue weighted by Gasteiger charge is 2.37. The lowest BCUT2D eigenvalue weighted by Crippen LogP contribution is -2.34. The van der Waals surface area contributed by atoms with Crippen molar-refractivity contribution in [2.45, 2.75) is 5.60 Å². The van der Waals surface area contributed by atoms with Gasteiger partial charge in [-0.15, -0.1) is 0 Å². The minimum Gasteiger partial charge on any atom is -0.472 e. The molecule has 0 saturated heterocycles. The van der Waals surface area contributed by atoms with Crippen LogP contribution in [0.4, 0.5) is 8.78 Å². The van der Waals surface area contributed by atoms with Crippen LogP contribution < -0.4 is 4.74 Å². The van der Waals surface area contributed by atoms with Gasteiger partial charge in [0.15, 0.2) is 5.60 Å². The first-order chi connectivity index (χ1) is 13.7. The van der Waals surface area contributed by atoms with Gasteiger partial charge in [-0.2, -0.15) is 0 Å². The van der Waals surface area contributed by atoms with Gasteiger partial charge in [0.1, 0.15) is 17.4 Å². The average Bonchev–Trinajstić information content (AvgIpc) is 2.75. The average molecular weight is 370 g/mol. The van der Waals surface area contributed by atoms with Crippen LogP contribution in [0.3, 0.4) is 0 Å². The molecule has 136 valence electrons. The lowest BCUT2D eigenvalue weighted by molar-refractivity contribution is 0.163. The van der Waals surface area contributed by atoms with Gasteiger partial charge in [-0.1, -0.05) is 72.8 Å². The van der Waals surface area contributed by atoms with Crippen LogP contribution in [0.25, 0.3) is 16.8 Å². The zero-order valence-electron chi connectivity index (χ0n) is 14.9. The lowest BCUT2D eigenvalue weighted by atomic mass is 9.83. The van der Waals surface area contributed by atoms with E-state index < -0.39 is 5.60 Å². The zero-order valence-corrected chi connectivity index (χ0v) is 14.9. The first kappa shape index (κ1) is 16.7. The molecule has 0 aliphatic carbocycles. The molecule has 1 nitrogen and oxygen atoms in total. The van der Waals surface area contributed by atoms with Crippen molar-refractivity contribution < 1.29 is 13.5 Å². The molecule has 5 rings (SSSR count). The third kappa shape index (κ3) is 2.51. The van der Waals surface area contributed by atoms with Crippen LogP contribution in [0.5, 0.6) is 5.75 Å². The second kappa shape index (κ2) is 6.31. The molecule has 0 saturated carbocycles. The van der Waals surface area contributed by atoms with Crippen LogP contribution in [-0.2, 0) is 5.60 Å². The van der Waals surface area contributed by atoms with Crippen LogP contribution in [-0.4, -0.2) is 0 Å². The van der Waals surface area contributed by atoms with E-state index in [2.05, 4.69) is 0 Å². The first-order valence-corrected chi connectivity index (χ1v) is 9.08. The molecule has 0 aromatic heterocycles. The molecule has 1 heterocycles. The third-order valence-electron chi connectivity index (χ3n) is 5.21. The van der Waals surface area contributed by atoms with Crippen molar-refractivity contribution in [2.24, 2.45) is 0 Å². The molecule has 4 aromatic carbocycles. The van der Waals surface area contributed by atoms with Crippen LogP contribution in [0.1, 0.15) is 16.7 Å². The fourth-order valence-corrected chi connectivity index (χ4v) is 3.82. The monoisotopic (exact) mass is 370 g/mol. The van der Waals surface area contributed by atoms with E-state index in [0.717, 1.165) is 11.1 Å². The highest BCUT2D eigenvalue weighted by atomic mass is 19.1. The summed E-state index contributed by atoms with van der Waals surface area (Å²) in [6.07, 6.45) is 3.79. The molecule has 1 atom stereocenters. The Labute approximate surface area is 161 Å². The minimum absolute atomic E-state index is 0.281. The SMILES string of the molecule is Fc1ccc(C2(c3ccccc3)C=Cc3cc(F)c4ccccc4c3O2)cc1. The Morgan fingerprint density at radius 2 is 1.32 bits per heavy atom. The Hall–Kier alpha value is -3.46. The van der Waals surface area contributed by atoms with Gasteiger partial charge >= 0.3 is 0 Å². The summed E-state index contributed by atoms with van der Waals surface area (Å²) >= 11 is 0. The molecule has 1 unspecified atom stereocenters.